The van der Waals surface area contributed by atoms with Gasteiger partial charge in [0.05, 0.1) is 5.56 Å². The van der Waals surface area contributed by atoms with Gasteiger partial charge in [-0.25, -0.2) is 13.6 Å². The van der Waals surface area contributed by atoms with E-state index in [9.17, 15) is 33.7 Å². The van der Waals surface area contributed by atoms with Gasteiger partial charge in [-0.3, -0.25) is 4.79 Å². The zero-order valence-electron chi connectivity index (χ0n) is 19.6. The highest BCUT2D eigenvalue weighted by atomic mass is 19.1. The van der Waals surface area contributed by atoms with E-state index in [2.05, 4.69) is 5.32 Å². The van der Waals surface area contributed by atoms with Crippen molar-refractivity contribution in [1.82, 2.24) is 0 Å². The molecule has 0 aromatic heterocycles. The van der Waals surface area contributed by atoms with Crippen molar-refractivity contribution in [2.45, 2.75) is 44.3 Å². The second kappa shape index (κ2) is 9.23. The van der Waals surface area contributed by atoms with E-state index < -0.39 is 40.9 Å². The summed E-state index contributed by atoms with van der Waals surface area (Å²) < 4.78 is 32.9. The number of phenols is 2. The van der Waals surface area contributed by atoms with Crippen molar-refractivity contribution < 1.29 is 38.4 Å². The SMILES string of the molecule is CC(C)(CC(O)(Cc1cc(F)ccc1O)C(=O)Nc1ccc2c(c1)COC2=O)c1cc(F)ccc1O. The van der Waals surface area contributed by atoms with E-state index in [4.69, 9.17) is 4.74 Å². The molecule has 7 nitrogen and oxygen atoms in total. The molecule has 0 saturated heterocycles. The zero-order valence-corrected chi connectivity index (χ0v) is 19.6. The molecule has 9 heteroatoms. The molecule has 0 radical (unpaired) electrons. The summed E-state index contributed by atoms with van der Waals surface area (Å²) in [6.07, 6.45) is -0.806. The Balaban J connectivity index is 1.70. The van der Waals surface area contributed by atoms with E-state index in [1.54, 1.807) is 19.9 Å². The Morgan fingerprint density at radius 1 is 1.00 bits per heavy atom. The Morgan fingerprint density at radius 2 is 1.67 bits per heavy atom. The summed E-state index contributed by atoms with van der Waals surface area (Å²) in [5.41, 5.74) is -2.02. The van der Waals surface area contributed by atoms with Gasteiger partial charge >= 0.3 is 5.97 Å². The average molecular weight is 497 g/mol. The number of benzene rings is 3. The van der Waals surface area contributed by atoms with Gasteiger partial charge in [-0.2, -0.15) is 0 Å². The molecule has 0 fully saturated rings. The van der Waals surface area contributed by atoms with Crippen LogP contribution >= 0.6 is 0 Å². The first-order valence-electron chi connectivity index (χ1n) is 11.2. The van der Waals surface area contributed by atoms with Crippen LogP contribution in [-0.4, -0.2) is 32.8 Å². The Kier molecular flexibility index (Phi) is 6.44. The number of esters is 1. The van der Waals surface area contributed by atoms with Crippen LogP contribution in [0.3, 0.4) is 0 Å². The van der Waals surface area contributed by atoms with Crippen molar-refractivity contribution in [1.29, 1.82) is 0 Å². The first kappa shape index (κ1) is 25.1. The van der Waals surface area contributed by atoms with Crippen LogP contribution in [0.1, 0.15) is 47.3 Å². The zero-order chi connectivity index (χ0) is 26.3. The van der Waals surface area contributed by atoms with Gasteiger partial charge in [0.15, 0.2) is 0 Å². The molecule has 4 rings (SSSR count). The molecule has 1 aliphatic rings. The summed E-state index contributed by atoms with van der Waals surface area (Å²) in [6.45, 7) is 3.28. The number of aliphatic hydroxyl groups is 1. The molecule has 36 heavy (non-hydrogen) atoms. The van der Waals surface area contributed by atoms with Gasteiger partial charge in [0, 0.05) is 28.8 Å². The number of nitrogens with one attached hydrogen (secondary N) is 1. The number of halogens is 2. The number of aromatic hydroxyl groups is 2. The molecule has 188 valence electrons. The summed E-state index contributed by atoms with van der Waals surface area (Å²) in [5.74, 6) is -3.17. The maximum absolute atomic E-state index is 14.0. The first-order valence-corrected chi connectivity index (χ1v) is 11.2. The van der Waals surface area contributed by atoms with Crippen LogP contribution in [0.4, 0.5) is 14.5 Å². The number of anilines is 1. The Hall–Kier alpha value is -3.98. The molecule has 1 heterocycles. The Labute approximate surface area is 206 Å². The number of carbonyl (C=O) groups is 2. The summed E-state index contributed by atoms with van der Waals surface area (Å²) in [5, 5.41) is 34.9. The van der Waals surface area contributed by atoms with Crippen LogP contribution in [0, 0.1) is 11.6 Å². The van der Waals surface area contributed by atoms with Gasteiger partial charge in [-0.05, 0) is 66.4 Å². The highest BCUT2D eigenvalue weighted by Crippen LogP contribution is 2.40. The third-order valence-electron chi connectivity index (χ3n) is 6.31. The number of cyclic esters (lactones) is 1. The normalized spacial score (nSPS) is 14.6. The monoisotopic (exact) mass is 497 g/mol. The van der Waals surface area contributed by atoms with Crippen molar-refractivity contribution in [2.24, 2.45) is 0 Å². The van der Waals surface area contributed by atoms with Crippen molar-refractivity contribution in [3.63, 3.8) is 0 Å². The fourth-order valence-electron chi connectivity index (χ4n) is 4.57. The number of hydrogen-bond acceptors (Lipinski definition) is 6. The number of ether oxygens (including phenoxy) is 1. The molecule has 0 bridgehead atoms. The van der Waals surface area contributed by atoms with Crippen LogP contribution in [-0.2, 0) is 28.0 Å². The molecule has 3 aromatic rings. The second-order valence-corrected chi connectivity index (χ2v) is 9.61. The van der Waals surface area contributed by atoms with Crippen LogP contribution in [0.5, 0.6) is 11.5 Å². The molecule has 0 saturated carbocycles. The summed E-state index contributed by atoms with van der Waals surface area (Å²) in [4.78, 5) is 25.2. The Morgan fingerprint density at radius 3 is 2.39 bits per heavy atom. The molecule has 0 aliphatic carbocycles. The summed E-state index contributed by atoms with van der Waals surface area (Å²) in [6, 6.07) is 11.1. The lowest BCUT2D eigenvalue weighted by Crippen LogP contribution is -2.49. The van der Waals surface area contributed by atoms with E-state index in [1.807, 2.05) is 0 Å². The van der Waals surface area contributed by atoms with Gasteiger partial charge in [0.2, 0.25) is 0 Å². The number of hydrogen-bond donors (Lipinski definition) is 4. The fourth-order valence-corrected chi connectivity index (χ4v) is 4.57. The first-order chi connectivity index (χ1) is 16.9. The minimum atomic E-state index is -2.24. The maximum Gasteiger partial charge on any atom is 0.338 e. The molecule has 4 N–H and O–H groups in total. The molecular formula is C27H25F2NO6. The molecule has 1 unspecified atom stereocenters. The van der Waals surface area contributed by atoms with Crippen LogP contribution in [0.25, 0.3) is 0 Å². The number of phenolic OH excluding ortho intramolecular Hbond substituents is 2. The fraction of sp³-hybridized carbons (Fsp3) is 0.259. The van der Waals surface area contributed by atoms with Gasteiger partial charge in [0.25, 0.3) is 5.91 Å². The molecule has 1 amide bonds. The average Bonchev–Trinajstić information content (AvgIpc) is 3.17. The molecular weight excluding hydrogens is 472 g/mol. The van der Waals surface area contributed by atoms with Crippen LogP contribution in [0.2, 0.25) is 0 Å². The van der Waals surface area contributed by atoms with Crippen molar-refractivity contribution in [2.75, 3.05) is 5.32 Å². The number of amides is 1. The molecule has 1 atom stereocenters. The van der Waals surface area contributed by atoms with Crippen LogP contribution < -0.4 is 5.32 Å². The van der Waals surface area contributed by atoms with Crippen molar-refractivity contribution >= 4 is 17.6 Å². The lowest BCUT2D eigenvalue weighted by atomic mass is 9.72. The molecule has 3 aromatic carbocycles. The summed E-state index contributed by atoms with van der Waals surface area (Å²) in [7, 11) is 0. The van der Waals surface area contributed by atoms with Crippen molar-refractivity contribution in [3.05, 3.63) is 88.5 Å². The number of rotatable bonds is 7. The van der Waals surface area contributed by atoms with E-state index >= 15 is 0 Å². The lowest BCUT2D eigenvalue weighted by molar-refractivity contribution is -0.136. The largest absolute Gasteiger partial charge is 0.508 e. The topological polar surface area (TPSA) is 116 Å². The predicted molar refractivity (Wildman–Crippen MR) is 127 cm³/mol. The number of fused-ring (bicyclic) bond motifs is 1. The van der Waals surface area contributed by atoms with E-state index in [0.29, 0.717) is 11.1 Å². The third kappa shape index (κ3) is 5.01. The summed E-state index contributed by atoms with van der Waals surface area (Å²) >= 11 is 0. The number of carbonyl (C=O) groups excluding carboxylic acids is 2. The van der Waals surface area contributed by atoms with Gasteiger partial charge < -0.3 is 25.4 Å². The molecule has 1 aliphatic heterocycles. The van der Waals surface area contributed by atoms with Gasteiger partial charge in [-0.1, -0.05) is 13.8 Å². The maximum atomic E-state index is 14.0. The highest BCUT2D eigenvalue weighted by Gasteiger charge is 2.43. The standard InChI is InChI=1S/C27H25F2NO6/c1-26(2,21-11-18(29)4-8-23(21)32)14-27(35,12-15-9-17(28)3-7-22(15)31)25(34)30-19-5-6-20-16(10-19)13-36-24(20)33/h3-11,31-32,35H,12-14H2,1-2H3,(H,30,34). The third-order valence-corrected chi connectivity index (χ3v) is 6.31. The highest BCUT2D eigenvalue weighted by molar-refractivity contribution is 5.99. The van der Waals surface area contributed by atoms with E-state index in [0.717, 1.165) is 30.3 Å². The molecule has 0 spiro atoms. The Bertz CT molecular complexity index is 1360. The predicted octanol–water partition coefficient (Wildman–Crippen LogP) is 4.33. The smallest absolute Gasteiger partial charge is 0.338 e. The van der Waals surface area contributed by atoms with Gasteiger partial charge in [0.1, 0.15) is 35.3 Å². The van der Waals surface area contributed by atoms with Crippen LogP contribution in [0.15, 0.2) is 54.6 Å². The van der Waals surface area contributed by atoms with Gasteiger partial charge in [-0.15, -0.1) is 0 Å². The minimum absolute atomic E-state index is 0.0140. The van der Waals surface area contributed by atoms with E-state index in [-0.39, 0.29) is 41.3 Å². The minimum Gasteiger partial charge on any atom is -0.508 e. The quantitative estimate of drug-likeness (QED) is 0.361. The lowest BCUT2D eigenvalue weighted by Gasteiger charge is -2.36. The van der Waals surface area contributed by atoms with Crippen molar-refractivity contribution in [3.8, 4) is 11.5 Å². The second-order valence-electron chi connectivity index (χ2n) is 9.61. The van der Waals surface area contributed by atoms with E-state index in [1.165, 1.54) is 18.2 Å².